The van der Waals surface area contributed by atoms with Gasteiger partial charge in [0.15, 0.2) is 0 Å². The number of carboxylic acids is 1. The Balaban J connectivity index is 1.41. The number of fused-ring (bicyclic) bond motifs is 5. The molecule has 0 spiro atoms. The molecular formula is C32H41N3O2. The number of para-hydroxylation sites is 1. The number of anilines is 1. The van der Waals surface area contributed by atoms with Gasteiger partial charge >= 0.3 is 5.97 Å². The summed E-state index contributed by atoms with van der Waals surface area (Å²) in [6, 6.07) is 15.5. The standard InChI is InChI=1S/C32H41N3O2/c1-33(25-12-6-3-7-13-25)18-19-34-20-21-35-29-22-24(32(36)37)16-17-26(29)30(23-10-4-2-5-11-23)31(35)27-14-8-9-15-28(27)34/h8-9,14-17,22-23,25H,2-7,10-13,18-21H2,1H3,(H,36,37). The van der Waals surface area contributed by atoms with E-state index in [4.69, 9.17) is 0 Å². The molecular weight excluding hydrogens is 458 g/mol. The molecule has 0 unspecified atom stereocenters. The molecule has 0 saturated heterocycles. The predicted octanol–water partition coefficient (Wildman–Crippen LogP) is 7.14. The molecule has 196 valence electrons. The molecule has 1 N–H and O–H groups in total. The van der Waals surface area contributed by atoms with Crippen molar-refractivity contribution in [3.8, 4) is 11.3 Å². The van der Waals surface area contributed by atoms with Crippen LogP contribution in [0.15, 0.2) is 42.5 Å². The molecule has 1 aliphatic heterocycles. The van der Waals surface area contributed by atoms with Crippen molar-refractivity contribution in [2.75, 3.05) is 31.6 Å². The van der Waals surface area contributed by atoms with Crippen LogP contribution < -0.4 is 4.90 Å². The minimum absolute atomic E-state index is 0.381. The SMILES string of the molecule is CN(CCN1CCn2c(c(C3CCCCC3)c3ccc(C(=O)O)cc32)-c2ccccc21)C1CCCCC1. The van der Waals surface area contributed by atoms with Crippen LogP contribution in [0, 0.1) is 0 Å². The zero-order valence-corrected chi connectivity index (χ0v) is 22.3. The van der Waals surface area contributed by atoms with Gasteiger partial charge in [-0.3, -0.25) is 0 Å². The van der Waals surface area contributed by atoms with E-state index in [1.807, 2.05) is 6.07 Å². The van der Waals surface area contributed by atoms with E-state index in [0.29, 0.717) is 11.5 Å². The van der Waals surface area contributed by atoms with Crippen molar-refractivity contribution in [1.82, 2.24) is 9.47 Å². The van der Waals surface area contributed by atoms with Gasteiger partial charge in [-0.25, -0.2) is 4.79 Å². The van der Waals surface area contributed by atoms with Crippen LogP contribution in [0.2, 0.25) is 0 Å². The Morgan fingerprint density at radius 3 is 2.43 bits per heavy atom. The van der Waals surface area contributed by atoms with Gasteiger partial charge in [0.05, 0.1) is 11.3 Å². The molecule has 2 saturated carbocycles. The van der Waals surface area contributed by atoms with E-state index in [0.717, 1.165) is 37.7 Å². The van der Waals surface area contributed by atoms with Gasteiger partial charge in [0.25, 0.3) is 0 Å². The average Bonchev–Trinajstić information content (AvgIpc) is 3.18. The second-order valence-corrected chi connectivity index (χ2v) is 11.6. The van der Waals surface area contributed by atoms with Crippen LogP contribution in [-0.4, -0.2) is 53.3 Å². The van der Waals surface area contributed by atoms with Crippen molar-refractivity contribution in [2.45, 2.75) is 82.7 Å². The second-order valence-electron chi connectivity index (χ2n) is 11.6. The van der Waals surface area contributed by atoms with Crippen LogP contribution in [0.25, 0.3) is 22.2 Å². The highest BCUT2D eigenvalue weighted by molar-refractivity contribution is 5.99. The lowest BCUT2D eigenvalue weighted by molar-refractivity contribution is 0.0697. The van der Waals surface area contributed by atoms with Gasteiger partial charge < -0.3 is 19.5 Å². The number of likely N-dealkylation sites (N-methyl/N-ethyl adjacent to an activating group) is 1. The van der Waals surface area contributed by atoms with E-state index in [9.17, 15) is 9.90 Å². The van der Waals surface area contributed by atoms with E-state index in [2.05, 4.69) is 51.7 Å². The summed E-state index contributed by atoms with van der Waals surface area (Å²) in [7, 11) is 2.31. The van der Waals surface area contributed by atoms with Crippen molar-refractivity contribution in [1.29, 1.82) is 0 Å². The lowest BCUT2D eigenvalue weighted by Crippen LogP contribution is -2.40. The fourth-order valence-corrected chi connectivity index (χ4v) is 7.34. The monoisotopic (exact) mass is 499 g/mol. The third-order valence-electron chi connectivity index (χ3n) is 9.38. The highest BCUT2D eigenvalue weighted by atomic mass is 16.4. The van der Waals surface area contributed by atoms with Gasteiger partial charge in [0.2, 0.25) is 0 Å². The molecule has 2 fully saturated rings. The van der Waals surface area contributed by atoms with Crippen LogP contribution in [0.4, 0.5) is 5.69 Å². The van der Waals surface area contributed by atoms with Gasteiger partial charge in [-0.15, -0.1) is 0 Å². The Bertz CT molecular complexity index is 1270. The topological polar surface area (TPSA) is 48.7 Å². The van der Waals surface area contributed by atoms with E-state index >= 15 is 0 Å². The molecule has 3 aromatic rings. The Morgan fingerprint density at radius 2 is 1.68 bits per heavy atom. The smallest absolute Gasteiger partial charge is 0.335 e. The lowest BCUT2D eigenvalue weighted by atomic mass is 9.81. The number of rotatable bonds is 6. The third-order valence-corrected chi connectivity index (χ3v) is 9.38. The molecule has 5 nitrogen and oxygen atoms in total. The average molecular weight is 500 g/mol. The number of aromatic nitrogens is 1. The highest BCUT2D eigenvalue weighted by Crippen LogP contribution is 2.47. The van der Waals surface area contributed by atoms with Crippen LogP contribution in [-0.2, 0) is 6.54 Å². The van der Waals surface area contributed by atoms with Crippen LogP contribution in [0.3, 0.4) is 0 Å². The molecule has 2 aliphatic carbocycles. The number of aromatic carboxylic acids is 1. The normalized spacial score (nSPS) is 19.1. The summed E-state index contributed by atoms with van der Waals surface area (Å²) in [6.45, 7) is 3.91. The first-order valence-electron chi connectivity index (χ1n) is 14.6. The Labute approximate surface area is 221 Å². The van der Waals surface area contributed by atoms with Crippen molar-refractivity contribution in [3.05, 3.63) is 53.6 Å². The summed E-state index contributed by atoms with van der Waals surface area (Å²) in [6.07, 6.45) is 13.1. The summed E-state index contributed by atoms with van der Waals surface area (Å²) >= 11 is 0. The first kappa shape index (κ1) is 24.5. The zero-order chi connectivity index (χ0) is 25.4. The van der Waals surface area contributed by atoms with Crippen LogP contribution in [0.1, 0.15) is 86.0 Å². The molecule has 37 heavy (non-hydrogen) atoms. The first-order chi connectivity index (χ1) is 18.1. The van der Waals surface area contributed by atoms with Crippen molar-refractivity contribution < 1.29 is 9.90 Å². The molecule has 0 bridgehead atoms. The minimum atomic E-state index is -0.849. The quantitative estimate of drug-likeness (QED) is 0.392. The fraction of sp³-hybridized carbons (Fsp3) is 0.531. The largest absolute Gasteiger partial charge is 0.478 e. The Morgan fingerprint density at radius 1 is 0.946 bits per heavy atom. The van der Waals surface area contributed by atoms with E-state index in [1.54, 1.807) is 6.07 Å². The summed E-state index contributed by atoms with van der Waals surface area (Å²) in [5.74, 6) is -0.307. The maximum absolute atomic E-state index is 11.9. The molecule has 0 radical (unpaired) electrons. The van der Waals surface area contributed by atoms with Crippen molar-refractivity contribution in [2.24, 2.45) is 0 Å². The van der Waals surface area contributed by atoms with E-state index < -0.39 is 5.97 Å². The molecule has 2 heterocycles. The summed E-state index contributed by atoms with van der Waals surface area (Å²) in [4.78, 5) is 17.1. The van der Waals surface area contributed by atoms with Gasteiger partial charge in [-0.05, 0) is 62.4 Å². The predicted molar refractivity (Wildman–Crippen MR) is 152 cm³/mol. The van der Waals surface area contributed by atoms with Gasteiger partial charge in [0, 0.05) is 54.4 Å². The van der Waals surface area contributed by atoms with Gasteiger partial charge in [0.1, 0.15) is 0 Å². The summed E-state index contributed by atoms with van der Waals surface area (Å²) in [5.41, 5.74) is 6.91. The molecule has 6 rings (SSSR count). The molecule has 0 amide bonds. The lowest BCUT2D eigenvalue weighted by Gasteiger charge is -2.34. The molecule has 2 aromatic carbocycles. The number of hydrogen-bond acceptors (Lipinski definition) is 3. The van der Waals surface area contributed by atoms with Crippen LogP contribution >= 0.6 is 0 Å². The summed E-state index contributed by atoms with van der Waals surface area (Å²) in [5, 5.41) is 11.0. The van der Waals surface area contributed by atoms with E-state index in [-0.39, 0.29) is 0 Å². The van der Waals surface area contributed by atoms with Gasteiger partial charge in [-0.2, -0.15) is 0 Å². The molecule has 5 heteroatoms. The fourth-order valence-electron chi connectivity index (χ4n) is 7.34. The number of nitrogens with zero attached hydrogens (tertiary/aromatic N) is 3. The van der Waals surface area contributed by atoms with Crippen LogP contribution in [0.5, 0.6) is 0 Å². The van der Waals surface area contributed by atoms with E-state index in [1.165, 1.54) is 92.1 Å². The van der Waals surface area contributed by atoms with Crippen molar-refractivity contribution >= 4 is 22.6 Å². The number of hydrogen-bond donors (Lipinski definition) is 1. The summed E-state index contributed by atoms with van der Waals surface area (Å²) < 4.78 is 2.45. The Hall–Kier alpha value is -2.79. The number of benzene rings is 2. The first-order valence-corrected chi connectivity index (χ1v) is 14.6. The molecule has 3 aliphatic rings. The Kier molecular flexibility index (Phi) is 6.98. The minimum Gasteiger partial charge on any atom is -0.478 e. The number of carbonyl (C=O) groups is 1. The third kappa shape index (κ3) is 4.67. The maximum Gasteiger partial charge on any atom is 0.335 e. The second kappa shape index (κ2) is 10.5. The molecule has 0 atom stereocenters. The zero-order valence-electron chi connectivity index (χ0n) is 22.3. The maximum atomic E-state index is 11.9. The number of carboxylic acid groups (broad SMARTS) is 1. The van der Waals surface area contributed by atoms with Crippen molar-refractivity contribution in [3.63, 3.8) is 0 Å². The van der Waals surface area contributed by atoms with Gasteiger partial charge in [-0.1, -0.05) is 62.8 Å². The molecule has 1 aromatic heterocycles. The highest BCUT2D eigenvalue weighted by Gasteiger charge is 2.30.